The highest BCUT2D eigenvalue weighted by Gasteiger charge is 2.50. The van der Waals surface area contributed by atoms with Crippen LogP contribution < -0.4 is 10.9 Å². The van der Waals surface area contributed by atoms with Crippen LogP contribution >= 0.6 is 0 Å². The van der Waals surface area contributed by atoms with E-state index < -0.39 is 8.32 Å². The summed E-state index contributed by atoms with van der Waals surface area (Å²) in [6.45, 7) is 13.1. The first-order chi connectivity index (χ1) is 8.51. The van der Waals surface area contributed by atoms with Gasteiger partial charge in [-0.2, -0.15) is 0 Å². The Labute approximate surface area is 116 Å². The Morgan fingerprint density at radius 2 is 1.89 bits per heavy atom. The van der Waals surface area contributed by atoms with E-state index in [2.05, 4.69) is 51.6 Å². The number of hydrogen-bond donors (Lipinski definition) is 2. The van der Waals surface area contributed by atoms with E-state index in [-0.39, 0.29) is 22.5 Å². The molecule has 5 nitrogen and oxygen atoms in total. The maximum Gasteiger partial charge on any atom is 0.241 e. The van der Waals surface area contributed by atoms with Crippen LogP contribution in [-0.4, -0.2) is 26.2 Å². The van der Waals surface area contributed by atoms with Crippen molar-refractivity contribution in [1.29, 1.82) is 0 Å². The van der Waals surface area contributed by atoms with E-state index in [1.54, 1.807) is 0 Å². The molecule has 0 aromatic carbocycles. The first-order valence-corrected chi connectivity index (χ1v) is 9.61. The molecule has 1 saturated carbocycles. The minimum absolute atomic E-state index is 0.0674. The maximum absolute atomic E-state index is 11.7. The highest BCUT2D eigenvalue weighted by molar-refractivity contribution is 6.74. The van der Waals surface area contributed by atoms with E-state index in [4.69, 9.17) is 4.43 Å². The van der Waals surface area contributed by atoms with Crippen molar-refractivity contribution in [2.75, 3.05) is 0 Å². The molecule has 1 aliphatic carbocycles. The Hall–Kier alpha value is -0.883. The molecule has 2 amide bonds. The second kappa shape index (κ2) is 5.24. The molecule has 1 aliphatic rings. The van der Waals surface area contributed by atoms with Crippen LogP contribution in [0.1, 0.15) is 40.5 Å². The van der Waals surface area contributed by atoms with Gasteiger partial charge in [0.05, 0.1) is 5.60 Å². The topological polar surface area (TPSA) is 67.4 Å². The summed E-state index contributed by atoms with van der Waals surface area (Å²) >= 11 is 0. The van der Waals surface area contributed by atoms with Gasteiger partial charge in [-0.25, -0.2) is 0 Å². The summed E-state index contributed by atoms with van der Waals surface area (Å²) in [5.74, 6) is -0.203. The number of nitrogens with one attached hydrogen (secondary N) is 2. The SMILES string of the molecule is CC(C)(C)[Si](C)(C)O[C@]1(C)C[C@H](C(=O)NNC=O)C1. The van der Waals surface area contributed by atoms with Crippen LogP contribution in [0, 0.1) is 5.92 Å². The molecule has 0 aromatic heterocycles. The molecule has 0 radical (unpaired) electrons. The quantitative estimate of drug-likeness (QED) is 0.461. The number of carbonyl (C=O) groups is 2. The fraction of sp³-hybridized carbons (Fsp3) is 0.846. The van der Waals surface area contributed by atoms with Crippen molar-refractivity contribution in [2.45, 2.75) is 64.3 Å². The Kier molecular flexibility index (Phi) is 4.46. The molecule has 1 rings (SSSR count). The van der Waals surface area contributed by atoms with Gasteiger partial charge in [0.15, 0.2) is 8.32 Å². The Balaban J connectivity index is 2.51. The van der Waals surface area contributed by atoms with Crippen molar-refractivity contribution in [1.82, 2.24) is 10.9 Å². The predicted molar refractivity (Wildman–Crippen MR) is 76.8 cm³/mol. The zero-order valence-corrected chi connectivity index (χ0v) is 13.8. The molecule has 1 fully saturated rings. The molecular formula is C13H26N2O3Si. The monoisotopic (exact) mass is 286 g/mol. The lowest BCUT2D eigenvalue weighted by Crippen LogP contribution is -2.57. The average molecular weight is 286 g/mol. The third-order valence-electron chi connectivity index (χ3n) is 4.29. The predicted octanol–water partition coefficient (Wildman–Crippen LogP) is 1.95. The van der Waals surface area contributed by atoms with Gasteiger partial charge in [-0.1, -0.05) is 20.8 Å². The van der Waals surface area contributed by atoms with Crippen molar-refractivity contribution in [3.05, 3.63) is 0 Å². The zero-order valence-electron chi connectivity index (χ0n) is 12.8. The highest BCUT2D eigenvalue weighted by Crippen LogP contribution is 2.47. The van der Waals surface area contributed by atoms with Gasteiger partial charge >= 0.3 is 0 Å². The van der Waals surface area contributed by atoms with Crippen LogP contribution in [-0.2, 0) is 14.0 Å². The van der Waals surface area contributed by atoms with Crippen LogP contribution in [0.4, 0.5) is 0 Å². The molecular weight excluding hydrogens is 260 g/mol. The van der Waals surface area contributed by atoms with Gasteiger partial charge in [-0.05, 0) is 37.9 Å². The van der Waals surface area contributed by atoms with Crippen LogP contribution in [0.15, 0.2) is 0 Å². The van der Waals surface area contributed by atoms with Crippen molar-refractivity contribution >= 4 is 20.6 Å². The van der Waals surface area contributed by atoms with Gasteiger partial charge in [-0.3, -0.25) is 20.4 Å². The van der Waals surface area contributed by atoms with Crippen molar-refractivity contribution in [2.24, 2.45) is 5.92 Å². The molecule has 0 aromatic rings. The maximum atomic E-state index is 11.7. The number of rotatable bonds is 5. The van der Waals surface area contributed by atoms with Crippen molar-refractivity contribution < 1.29 is 14.0 Å². The van der Waals surface area contributed by atoms with Gasteiger partial charge in [0.1, 0.15) is 0 Å². The molecule has 0 heterocycles. The second-order valence-corrected chi connectivity index (χ2v) is 11.9. The Bertz CT molecular complexity index is 357. The molecule has 0 spiro atoms. The summed E-state index contributed by atoms with van der Waals surface area (Å²) in [5.41, 5.74) is 4.35. The molecule has 6 heteroatoms. The van der Waals surface area contributed by atoms with E-state index in [1.165, 1.54) is 0 Å². The molecule has 2 N–H and O–H groups in total. The lowest BCUT2D eigenvalue weighted by atomic mass is 9.72. The van der Waals surface area contributed by atoms with Crippen LogP contribution in [0.5, 0.6) is 0 Å². The van der Waals surface area contributed by atoms with E-state index in [9.17, 15) is 9.59 Å². The summed E-state index contributed by atoms with van der Waals surface area (Å²) in [5, 5.41) is 0.169. The molecule has 0 bridgehead atoms. The van der Waals surface area contributed by atoms with Gasteiger partial charge in [0, 0.05) is 5.92 Å². The van der Waals surface area contributed by atoms with E-state index >= 15 is 0 Å². The summed E-state index contributed by atoms with van der Waals surface area (Å²) in [6, 6.07) is 0. The minimum atomic E-state index is -1.80. The van der Waals surface area contributed by atoms with Crippen molar-refractivity contribution in [3.63, 3.8) is 0 Å². The summed E-state index contributed by atoms with van der Waals surface area (Å²) in [6.07, 6.45) is 1.89. The Morgan fingerprint density at radius 1 is 1.37 bits per heavy atom. The minimum Gasteiger partial charge on any atom is -0.412 e. The van der Waals surface area contributed by atoms with Crippen LogP contribution in [0.3, 0.4) is 0 Å². The summed E-state index contributed by atoms with van der Waals surface area (Å²) in [4.78, 5) is 21.8. The van der Waals surface area contributed by atoms with Gasteiger partial charge in [0.25, 0.3) is 0 Å². The fourth-order valence-corrected chi connectivity index (χ4v) is 3.93. The van der Waals surface area contributed by atoms with Crippen LogP contribution in [0.25, 0.3) is 0 Å². The lowest BCUT2D eigenvalue weighted by Gasteiger charge is -2.51. The van der Waals surface area contributed by atoms with Gasteiger partial charge in [0.2, 0.25) is 12.3 Å². The smallest absolute Gasteiger partial charge is 0.241 e. The number of hydrazine groups is 1. The Morgan fingerprint density at radius 3 is 2.32 bits per heavy atom. The lowest BCUT2D eigenvalue weighted by molar-refractivity contribution is -0.139. The first-order valence-electron chi connectivity index (χ1n) is 6.70. The van der Waals surface area contributed by atoms with Crippen LogP contribution in [0.2, 0.25) is 18.1 Å². The third kappa shape index (κ3) is 3.79. The largest absolute Gasteiger partial charge is 0.412 e. The molecule has 0 aliphatic heterocycles. The van der Waals surface area contributed by atoms with Gasteiger partial charge < -0.3 is 4.43 Å². The van der Waals surface area contributed by atoms with E-state index in [0.29, 0.717) is 19.3 Å². The molecule has 110 valence electrons. The highest BCUT2D eigenvalue weighted by atomic mass is 28.4. The molecule has 0 saturated heterocycles. The average Bonchev–Trinajstić information content (AvgIpc) is 2.20. The number of hydrogen-bond acceptors (Lipinski definition) is 3. The normalized spacial score (nSPS) is 27.4. The first kappa shape index (κ1) is 16.2. The number of amides is 2. The third-order valence-corrected chi connectivity index (χ3v) is 8.90. The zero-order chi connectivity index (χ0) is 14.9. The van der Waals surface area contributed by atoms with E-state index in [0.717, 1.165) is 0 Å². The van der Waals surface area contributed by atoms with Crippen molar-refractivity contribution in [3.8, 4) is 0 Å². The summed E-state index contributed by atoms with van der Waals surface area (Å²) in [7, 11) is -1.80. The molecule has 0 atom stereocenters. The standard InChI is InChI=1S/C13H26N2O3Si/c1-12(2,3)19(5,6)18-13(4)7-10(8-13)11(17)15-14-9-16/h9-10H,7-8H2,1-6H3,(H,14,16)(H,15,17)/t10-,13+. The van der Waals surface area contributed by atoms with Gasteiger partial charge in [-0.15, -0.1) is 0 Å². The fourth-order valence-electron chi connectivity index (χ4n) is 2.22. The summed E-state index contributed by atoms with van der Waals surface area (Å²) < 4.78 is 6.38. The molecule has 19 heavy (non-hydrogen) atoms. The number of carbonyl (C=O) groups excluding carboxylic acids is 2. The molecule has 0 unspecified atom stereocenters. The second-order valence-electron chi connectivity index (χ2n) is 7.17. The van der Waals surface area contributed by atoms with E-state index in [1.807, 2.05) is 0 Å².